The van der Waals surface area contributed by atoms with E-state index in [1.165, 1.54) is 23.1 Å². The number of alkyl halides is 3. The summed E-state index contributed by atoms with van der Waals surface area (Å²) in [6.07, 6.45) is -2.25. The average Bonchev–Trinajstić information content (AvgIpc) is 3.26. The summed E-state index contributed by atoms with van der Waals surface area (Å²) in [5, 5.41) is 0. The van der Waals surface area contributed by atoms with Gasteiger partial charge in [-0.3, -0.25) is 14.5 Å². The van der Waals surface area contributed by atoms with Gasteiger partial charge in [-0.1, -0.05) is 28.1 Å². The van der Waals surface area contributed by atoms with Crippen LogP contribution in [-0.2, 0) is 11.0 Å². The largest absolute Gasteiger partial charge is 0.416 e. The minimum Gasteiger partial charge on any atom is -0.341 e. The van der Waals surface area contributed by atoms with E-state index >= 15 is 0 Å². The Bertz CT molecular complexity index is 1240. The molecule has 6 nitrogen and oxygen atoms in total. The standard InChI is InChI=1S/C29H33BrF4N4O2/c1-35(28(40)21-12-22(29(32,33)34)14-23(30)13-21)15-20(19-2-4-24(31)5-3-19)8-9-36-16-26(17-36)37-10-11-38-25(18-37)6-7-27(38)39/h2-5,12-14,20,25-26H,6-11,15-18H2,1H3/t20-,25-/m1/s1. The zero-order valence-corrected chi connectivity index (χ0v) is 23.9. The number of amides is 2. The van der Waals surface area contributed by atoms with E-state index in [0.29, 0.717) is 24.9 Å². The summed E-state index contributed by atoms with van der Waals surface area (Å²) in [5.41, 5.74) is -0.0518. The van der Waals surface area contributed by atoms with Crippen molar-refractivity contribution >= 4 is 27.7 Å². The Morgan fingerprint density at radius 2 is 1.80 bits per heavy atom. The number of nitrogens with zero attached hydrogens (tertiary/aromatic N) is 4. The molecule has 3 aliphatic rings. The normalized spacial score (nSPS) is 21.3. The molecule has 3 aliphatic heterocycles. The summed E-state index contributed by atoms with van der Waals surface area (Å²) < 4.78 is 53.8. The Balaban J connectivity index is 1.20. The lowest BCUT2D eigenvalue weighted by Gasteiger charge is -2.49. The van der Waals surface area contributed by atoms with Gasteiger partial charge in [-0.05, 0) is 55.3 Å². The molecule has 0 aromatic heterocycles. The highest BCUT2D eigenvalue weighted by atomic mass is 79.9. The molecule has 216 valence electrons. The van der Waals surface area contributed by atoms with E-state index < -0.39 is 17.6 Å². The fraction of sp³-hybridized carbons (Fsp3) is 0.517. The molecule has 2 aromatic rings. The number of rotatable bonds is 8. The molecule has 3 saturated heterocycles. The number of fused-ring (bicyclic) bond motifs is 1. The highest BCUT2D eigenvalue weighted by Gasteiger charge is 2.40. The quantitative estimate of drug-likeness (QED) is 0.394. The van der Waals surface area contributed by atoms with Crippen molar-refractivity contribution < 1.29 is 27.2 Å². The molecular formula is C29H33BrF4N4O2. The predicted octanol–water partition coefficient (Wildman–Crippen LogP) is 4.84. The first-order chi connectivity index (χ1) is 19.0. The van der Waals surface area contributed by atoms with Gasteiger partial charge in [0.15, 0.2) is 0 Å². The summed E-state index contributed by atoms with van der Waals surface area (Å²) in [6, 6.07) is 10.2. The molecule has 40 heavy (non-hydrogen) atoms. The average molecular weight is 626 g/mol. The molecule has 3 fully saturated rings. The number of carbonyl (C=O) groups excluding carboxylic acids is 2. The van der Waals surface area contributed by atoms with Gasteiger partial charge in [0.05, 0.1) is 5.56 Å². The van der Waals surface area contributed by atoms with Gasteiger partial charge in [-0.2, -0.15) is 13.2 Å². The van der Waals surface area contributed by atoms with Gasteiger partial charge < -0.3 is 14.7 Å². The van der Waals surface area contributed by atoms with Crippen molar-refractivity contribution in [3.63, 3.8) is 0 Å². The van der Waals surface area contributed by atoms with Crippen LogP contribution in [0.5, 0.6) is 0 Å². The molecule has 0 bridgehead atoms. The second-order valence-corrected chi connectivity index (χ2v) is 12.1. The Morgan fingerprint density at radius 1 is 1.07 bits per heavy atom. The van der Waals surface area contributed by atoms with Crippen LogP contribution in [0.1, 0.15) is 46.7 Å². The number of hydrogen-bond acceptors (Lipinski definition) is 4. The lowest BCUT2D eigenvalue weighted by atomic mass is 9.93. The van der Waals surface area contributed by atoms with E-state index in [0.717, 1.165) is 63.4 Å². The van der Waals surface area contributed by atoms with Crippen LogP contribution in [0.25, 0.3) is 0 Å². The molecule has 2 aromatic carbocycles. The number of likely N-dealkylation sites (N-methyl/N-ethyl adjacent to an activating group) is 1. The van der Waals surface area contributed by atoms with E-state index in [-0.39, 0.29) is 34.2 Å². The second-order valence-electron chi connectivity index (χ2n) is 11.1. The molecule has 2 amide bonds. The van der Waals surface area contributed by atoms with Crippen molar-refractivity contribution in [2.75, 3.05) is 52.9 Å². The van der Waals surface area contributed by atoms with Gasteiger partial charge >= 0.3 is 6.18 Å². The number of likely N-dealkylation sites (tertiary alicyclic amines) is 1. The summed E-state index contributed by atoms with van der Waals surface area (Å²) in [6.45, 7) is 5.58. The van der Waals surface area contributed by atoms with Gasteiger partial charge in [-0.25, -0.2) is 4.39 Å². The summed E-state index contributed by atoms with van der Waals surface area (Å²) >= 11 is 3.09. The Kier molecular flexibility index (Phi) is 8.54. The fourth-order valence-electron chi connectivity index (χ4n) is 6.12. The second kappa shape index (κ2) is 11.8. The van der Waals surface area contributed by atoms with Crippen LogP contribution in [0, 0.1) is 5.82 Å². The monoisotopic (exact) mass is 624 g/mol. The smallest absolute Gasteiger partial charge is 0.341 e. The van der Waals surface area contributed by atoms with Crippen LogP contribution >= 0.6 is 15.9 Å². The third-order valence-electron chi connectivity index (χ3n) is 8.43. The van der Waals surface area contributed by atoms with Gasteiger partial charge in [0.1, 0.15) is 5.82 Å². The highest BCUT2D eigenvalue weighted by Crippen LogP contribution is 2.33. The third kappa shape index (κ3) is 6.52. The SMILES string of the molecule is CN(C[C@@H](CCN1CC(N2CCN3C(=O)CC[C@@H]3C2)C1)c1ccc(F)cc1)C(=O)c1cc(Br)cc(C(F)(F)F)c1. The zero-order valence-electron chi connectivity index (χ0n) is 22.3. The van der Waals surface area contributed by atoms with E-state index in [1.54, 1.807) is 19.2 Å². The van der Waals surface area contributed by atoms with Gasteiger partial charge in [-0.15, -0.1) is 0 Å². The molecular weight excluding hydrogens is 592 g/mol. The topological polar surface area (TPSA) is 47.1 Å². The molecule has 0 aliphatic carbocycles. The number of piperazine rings is 1. The minimum atomic E-state index is -4.56. The third-order valence-corrected chi connectivity index (χ3v) is 8.89. The first kappa shape index (κ1) is 29.0. The summed E-state index contributed by atoms with van der Waals surface area (Å²) in [5.74, 6) is -0.699. The van der Waals surface area contributed by atoms with Crippen molar-refractivity contribution in [1.82, 2.24) is 19.6 Å². The molecule has 0 saturated carbocycles. The maximum atomic E-state index is 13.6. The fourth-order valence-corrected chi connectivity index (χ4v) is 6.62. The molecule has 0 N–H and O–H groups in total. The molecule has 2 atom stereocenters. The van der Waals surface area contributed by atoms with Crippen molar-refractivity contribution in [3.05, 3.63) is 69.4 Å². The summed E-state index contributed by atoms with van der Waals surface area (Å²) in [7, 11) is 1.58. The first-order valence-electron chi connectivity index (χ1n) is 13.6. The Morgan fingerprint density at radius 3 is 2.50 bits per heavy atom. The van der Waals surface area contributed by atoms with E-state index in [1.807, 2.05) is 4.90 Å². The van der Waals surface area contributed by atoms with Crippen LogP contribution < -0.4 is 0 Å². The summed E-state index contributed by atoms with van der Waals surface area (Å²) in [4.78, 5) is 33.5. The molecule has 3 heterocycles. The van der Waals surface area contributed by atoms with Crippen LogP contribution in [-0.4, -0.2) is 96.4 Å². The van der Waals surface area contributed by atoms with E-state index in [2.05, 4.69) is 25.7 Å². The van der Waals surface area contributed by atoms with Crippen molar-refractivity contribution in [2.24, 2.45) is 0 Å². The van der Waals surface area contributed by atoms with E-state index in [9.17, 15) is 27.2 Å². The molecule has 5 rings (SSSR count). The lowest BCUT2D eigenvalue weighted by molar-refractivity contribution is -0.137. The first-order valence-corrected chi connectivity index (χ1v) is 14.4. The van der Waals surface area contributed by atoms with Gasteiger partial charge in [0, 0.05) is 80.8 Å². The van der Waals surface area contributed by atoms with Gasteiger partial charge in [0.25, 0.3) is 5.91 Å². The number of carbonyl (C=O) groups is 2. The van der Waals surface area contributed by atoms with Crippen LogP contribution in [0.3, 0.4) is 0 Å². The van der Waals surface area contributed by atoms with E-state index in [4.69, 9.17) is 0 Å². The van der Waals surface area contributed by atoms with Crippen molar-refractivity contribution in [1.29, 1.82) is 0 Å². The van der Waals surface area contributed by atoms with Crippen LogP contribution in [0.4, 0.5) is 17.6 Å². The van der Waals surface area contributed by atoms with Crippen molar-refractivity contribution in [3.8, 4) is 0 Å². The molecule has 0 radical (unpaired) electrons. The molecule has 0 spiro atoms. The Labute approximate surface area is 240 Å². The maximum absolute atomic E-state index is 13.6. The molecule has 0 unspecified atom stereocenters. The lowest BCUT2D eigenvalue weighted by Crippen LogP contribution is -2.64. The maximum Gasteiger partial charge on any atom is 0.416 e. The number of benzene rings is 2. The molecule has 11 heteroatoms. The number of hydrogen-bond donors (Lipinski definition) is 0. The highest BCUT2D eigenvalue weighted by molar-refractivity contribution is 9.10. The van der Waals surface area contributed by atoms with Gasteiger partial charge in [0.2, 0.25) is 5.91 Å². The van der Waals surface area contributed by atoms with Crippen LogP contribution in [0.15, 0.2) is 46.9 Å². The van der Waals surface area contributed by atoms with Crippen LogP contribution in [0.2, 0.25) is 0 Å². The zero-order chi connectivity index (χ0) is 28.6. The van der Waals surface area contributed by atoms with Crippen molar-refractivity contribution in [2.45, 2.75) is 43.4 Å². The Hall–Kier alpha value is -2.50. The minimum absolute atomic E-state index is 0.0447. The number of halogens is 5. The predicted molar refractivity (Wildman–Crippen MR) is 146 cm³/mol.